The number of methoxy groups -OCH3 is 1. The van der Waals surface area contributed by atoms with Gasteiger partial charge in [0.1, 0.15) is 11.5 Å². The molecule has 0 heterocycles. The topological polar surface area (TPSA) is 55.8 Å². The highest BCUT2D eigenvalue weighted by atomic mass is 16.5. The molecule has 0 aliphatic heterocycles. The number of hydrogen-bond donors (Lipinski definition) is 0. The third kappa shape index (κ3) is 8.07. The largest absolute Gasteiger partial charge is 0.497 e. The smallest absolute Gasteiger partial charge is 0.308 e. The molecule has 0 saturated carbocycles. The number of ether oxygens (including phenoxy) is 2. The van der Waals surface area contributed by atoms with Gasteiger partial charge in [0.2, 0.25) is 0 Å². The first-order valence-corrected chi connectivity index (χ1v) is 19.6. The van der Waals surface area contributed by atoms with Gasteiger partial charge in [-0.15, -0.1) is 0 Å². The van der Waals surface area contributed by atoms with Crippen molar-refractivity contribution in [3.63, 3.8) is 0 Å². The number of rotatable bonds is 12. The van der Waals surface area contributed by atoms with Gasteiger partial charge in [0, 0.05) is 45.9 Å². The Labute approximate surface area is 342 Å². The van der Waals surface area contributed by atoms with Crippen LogP contribution in [0.4, 0.5) is 17.1 Å². The molecule has 1 unspecified atom stereocenters. The van der Waals surface area contributed by atoms with Crippen molar-refractivity contribution in [1.82, 2.24) is 0 Å². The molecule has 5 heteroatoms. The monoisotopic (exact) mass is 763 g/mol. The Morgan fingerprint density at radius 2 is 0.776 bits per heavy atom. The molecule has 0 fully saturated rings. The van der Waals surface area contributed by atoms with Gasteiger partial charge >= 0.3 is 5.97 Å². The second kappa shape index (κ2) is 16.4. The van der Waals surface area contributed by atoms with Crippen molar-refractivity contribution in [3.05, 3.63) is 220 Å². The maximum atomic E-state index is 13.9. The number of carbonyl (C=O) groups excluding carboxylic acids is 2. The van der Waals surface area contributed by atoms with Crippen molar-refractivity contribution >= 4 is 28.8 Å². The minimum Gasteiger partial charge on any atom is -0.497 e. The van der Waals surface area contributed by atoms with Gasteiger partial charge in [0.05, 0.1) is 7.11 Å². The third-order valence-electron chi connectivity index (χ3n) is 11.4. The first kappa shape index (κ1) is 39.5. The molecule has 7 aromatic rings. The van der Waals surface area contributed by atoms with Gasteiger partial charge < -0.3 is 14.4 Å². The number of aryl methyl sites for hydroxylation is 2. The Bertz CT molecular complexity index is 2460. The van der Waals surface area contributed by atoms with Crippen molar-refractivity contribution in [2.45, 2.75) is 52.4 Å². The number of anilines is 3. The predicted octanol–water partition coefficient (Wildman–Crippen LogP) is 12.6. The molecule has 0 saturated heterocycles. The van der Waals surface area contributed by atoms with E-state index in [1.165, 1.54) is 18.1 Å². The van der Waals surface area contributed by atoms with Crippen LogP contribution in [0.15, 0.2) is 170 Å². The predicted molar refractivity (Wildman–Crippen MR) is 235 cm³/mol. The lowest BCUT2D eigenvalue weighted by Crippen LogP contribution is -2.25. The lowest BCUT2D eigenvalue weighted by atomic mass is 9.71. The zero-order valence-electron chi connectivity index (χ0n) is 34.2. The number of ketones is 1. The molecule has 1 atom stereocenters. The average Bonchev–Trinajstić information content (AvgIpc) is 3.25. The van der Waals surface area contributed by atoms with Gasteiger partial charge in [-0.05, 0) is 109 Å². The van der Waals surface area contributed by atoms with Crippen LogP contribution in [-0.4, -0.2) is 18.9 Å². The SMILES string of the molecule is COc1ccc(C(C)(c2ccc(C(=O)c3ccc(C(C)(C)c4ccc(OC(C)=O)cc4)cc3)cc2)c2ccc(N(c3ccc(C)cc3)c3ccc(C)cc3)cc2)cc1. The fraction of sp³-hybridized carbons (Fsp3) is 0.170. The second-order valence-electron chi connectivity index (χ2n) is 15.6. The zero-order chi connectivity index (χ0) is 41.0. The molecule has 0 radical (unpaired) electrons. The summed E-state index contributed by atoms with van der Waals surface area (Å²) in [6.07, 6.45) is 0. The molecule has 5 nitrogen and oxygen atoms in total. The molecule has 0 amide bonds. The number of carbonyl (C=O) groups is 2. The molecular formula is C53H49NO4. The van der Waals surface area contributed by atoms with Crippen molar-refractivity contribution < 1.29 is 19.1 Å². The van der Waals surface area contributed by atoms with E-state index in [0.717, 1.165) is 50.6 Å². The summed E-state index contributed by atoms with van der Waals surface area (Å²) in [6.45, 7) is 12.1. The van der Waals surface area contributed by atoms with Crippen LogP contribution >= 0.6 is 0 Å². The minimum atomic E-state index is -0.547. The molecule has 0 bridgehead atoms. The van der Waals surface area contributed by atoms with Gasteiger partial charge in [-0.25, -0.2) is 0 Å². The average molecular weight is 764 g/mol. The van der Waals surface area contributed by atoms with Crippen molar-refractivity contribution in [2.24, 2.45) is 0 Å². The standard InChI is InChI=1S/C53H49NO4/c1-36-8-26-46(27-9-36)54(47-28-10-37(2)11-29-47)48-30-20-44(21-31-48)53(6,45-24-32-49(57-7)33-25-45)43-18-14-40(15-19-43)51(56)39-12-16-41(17-13-39)52(4,5)42-22-34-50(35-23-42)58-38(3)55/h8-35H,1-7H3. The van der Waals surface area contributed by atoms with Crippen LogP contribution in [0.3, 0.4) is 0 Å². The number of benzene rings is 7. The van der Waals surface area contributed by atoms with Crippen molar-refractivity contribution in [2.75, 3.05) is 12.0 Å². The first-order valence-electron chi connectivity index (χ1n) is 19.6. The quantitative estimate of drug-likeness (QED) is 0.0537. The summed E-state index contributed by atoms with van der Waals surface area (Å²) in [5.41, 5.74) is 11.5. The normalized spacial score (nSPS) is 12.3. The lowest BCUT2D eigenvalue weighted by Gasteiger charge is -2.33. The number of esters is 1. The van der Waals surface area contributed by atoms with Crippen LogP contribution in [0.5, 0.6) is 11.5 Å². The zero-order valence-corrected chi connectivity index (χ0v) is 34.2. The van der Waals surface area contributed by atoms with E-state index < -0.39 is 5.41 Å². The third-order valence-corrected chi connectivity index (χ3v) is 11.4. The van der Waals surface area contributed by atoms with E-state index in [9.17, 15) is 9.59 Å². The molecule has 0 aliphatic carbocycles. The molecule has 58 heavy (non-hydrogen) atoms. The van der Waals surface area contributed by atoms with Crippen molar-refractivity contribution in [3.8, 4) is 11.5 Å². The minimum absolute atomic E-state index is 0.0375. The number of nitrogens with zero attached hydrogens (tertiary/aromatic N) is 1. The Kier molecular flexibility index (Phi) is 11.2. The molecular weight excluding hydrogens is 715 g/mol. The number of hydrogen-bond acceptors (Lipinski definition) is 5. The Morgan fingerprint density at radius 3 is 1.17 bits per heavy atom. The van der Waals surface area contributed by atoms with Gasteiger partial charge in [-0.3, -0.25) is 9.59 Å². The Morgan fingerprint density at radius 1 is 0.448 bits per heavy atom. The van der Waals surface area contributed by atoms with Gasteiger partial charge in [-0.1, -0.05) is 134 Å². The highest BCUT2D eigenvalue weighted by Gasteiger charge is 2.32. The van der Waals surface area contributed by atoms with Crippen molar-refractivity contribution in [1.29, 1.82) is 0 Å². The van der Waals surface area contributed by atoms with Gasteiger partial charge in [0.25, 0.3) is 0 Å². The fourth-order valence-electron chi connectivity index (χ4n) is 7.64. The van der Waals surface area contributed by atoms with E-state index in [0.29, 0.717) is 16.9 Å². The Balaban J connectivity index is 1.18. The van der Waals surface area contributed by atoms with Crippen LogP contribution in [0.1, 0.15) is 82.6 Å². The van der Waals surface area contributed by atoms with E-state index in [1.807, 2.05) is 60.7 Å². The summed E-state index contributed by atoms with van der Waals surface area (Å²) < 4.78 is 10.7. The highest BCUT2D eigenvalue weighted by molar-refractivity contribution is 6.09. The van der Waals surface area contributed by atoms with Crippen LogP contribution in [0.2, 0.25) is 0 Å². The Hall–Kier alpha value is -6.72. The first-order chi connectivity index (χ1) is 27.9. The maximum Gasteiger partial charge on any atom is 0.308 e. The van der Waals surface area contributed by atoms with Crippen LogP contribution in [-0.2, 0) is 15.6 Å². The highest BCUT2D eigenvalue weighted by Crippen LogP contribution is 2.42. The lowest BCUT2D eigenvalue weighted by molar-refractivity contribution is -0.131. The van der Waals surface area contributed by atoms with E-state index in [1.54, 1.807) is 19.2 Å². The molecule has 290 valence electrons. The van der Waals surface area contributed by atoms with E-state index in [-0.39, 0.29) is 17.2 Å². The summed E-state index contributed by atoms with van der Waals surface area (Å²) in [7, 11) is 1.68. The molecule has 0 aliphatic rings. The second-order valence-corrected chi connectivity index (χ2v) is 15.6. The van der Waals surface area contributed by atoms with E-state index in [4.69, 9.17) is 9.47 Å². The maximum absolute atomic E-state index is 13.9. The van der Waals surface area contributed by atoms with E-state index in [2.05, 4.69) is 137 Å². The van der Waals surface area contributed by atoms with Crippen LogP contribution < -0.4 is 14.4 Å². The summed E-state index contributed by atoms with van der Waals surface area (Å²) >= 11 is 0. The molecule has 0 N–H and O–H groups in total. The molecule has 7 rings (SSSR count). The molecule has 7 aromatic carbocycles. The summed E-state index contributed by atoms with van der Waals surface area (Å²) in [5, 5.41) is 0. The molecule has 0 spiro atoms. The summed E-state index contributed by atoms with van der Waals surface area (Å²) in [5.74, 6) is 0.921. The van der Waals surface area contributed by atoms with Crippen LogP contribution in [0.25, 0.3) is 0 Å². The molecule has 0 aromatic heterocycles. The summed E-state index contributed by atoms with van der Waals surface area (Å²) in [4.78, 5) is 27.5. The van der Waals surface area contributed by atoms with E-state index >= 15 is 0 Å². The van der Waals surface area contributed by atoms with Gasteiger partial charge in [-0.2, -0.15) is 0 Å². The van der Waals surface area contributed by atoms with Gasteiger partial charge in [0.15, 0.2) is 5.78 Å². The van der Waals surface area contributed by atoms with Crippen LogP contribution in [0, 0.1) is 13.8 Å². The summed E-state index contributed by atoms with van der Waals surface area (Å²) in [6, 6.07) is 57.7. The fourth-order valence-corrected chi connectivity index (χ4v) is 7.64.